The van der Waals surface area contributed by atoms with E-state index in [1.54, 1.807) is 0 Å². The summed E-state index contributed by atoms with van der Waals surface area (Å²) in [5.74, 6) is -1.63. The van der Waals surface area contributed by atoms with Gasteiger partial charge in [0.05, 0.1) is 12.7 Å². The van der Waals surface area contributed by atoms with E-state index in [0.29, 0.717) is 0 Å². The van der Waals surface area contributed by atoms with Crippen LogP contribution in [0.4, 0.5) is 8.78 Å². The molecule has 4 heteroatoms. The van der Waals surface area contributed by atoms with Crippen molar-refractivity contribution in [2.75, 3.05) is 13.1 Å². The second-order valence-corrected chi connectivity index (χ2v) is 3.30. The van der Waals surface area contributed by atoms with Gasteiger partial charge in [0.2, 0.25) is 0 Å². The van der Waals surface area contributed by atoms with Crippen molar-refractivity contribution in [3.63, 3.8) is 0 Å². The van der Waals surface area contributed by atoms with Gasteiger partial charge in [-0.25, -0.2) is 8.78 Å². The summed E-state index contributed by atoms with van der Waals surface area (Å²) in [7, 11) is 0. The Labute approximate surface area is 80.9 Å². The Kier molecular flexibility index (Phi) is 2.74. The van der Waals surface area contributed by atoms with Crippen LogP contribution >= 0.6 is 0 Å². The molecule has 0 aromatic heterocycles. The lowest BCUT2D eigenvalue weighted by molar-refractivity contribution is 0.00616. The average Bonchev–Trinajstić information content (AvgIpc) is 2.09. The molecule has 76 valence electrons. The highest BCUT2D eigenvalue weighted by atomic mass is 19.2. The highest BCUT2D eigenvalue weighted by molar-refractivity contribution is 5.18. The number of hydrogen-bond donors (Lipinski definition) is 1. The van der Waals surface area contributed by atoms with E-state index in [4.69, 9.17) is 4.74 Å². The smallest absolute Gasteiger partial charge is 0.164 e. The van der Waals surface area contributed by atoms with E-state index < -0.39 is 11.6 Å². The van der Waals surface area contributed by atoms with Gasteiger partial charge < -0.3 is 10.1 Å². The molecular formula is C10H11F2NO. The molecule has 1 saturated heterocycles. The summed E-state index contributed by atoms with van der Waals surface area (Å²) in [5.41, 5.74) is 0.275. The standard InChI is InChI=1S/C10H11F2NO/c11-9-3-1-2-7(10(9)12)6-14-8-4-13-5-8/h1-3,8,13H,4-6H2. The van der Waals surface area contributed by atoms with Crippen LogP contribution in [0.3, 0.4) is 0 Å². The molecule has 1 aliphatic heterocycles. The van der Waals surface area contributed by atoms with E-state index >= 15 is 0 Å². The van der Waals surface area contributed by atoms with Crippen LogP contribution in [0.5, 0.6) is 0 Å². The molecule has 1 heterocycles. The molecule has 1 aliphatic rings. The number of nitrogens with one attached hydrogen (secondary N) is 1. The minimum atomic E-state index is -0.821. The van der Waals surface area contributed by atoms with Crippen LogP contribution in [-0.2, 0) is 11.3 Å². The summed E-state index contributed by atoms with van der Waals surface area (Å²) in [4.78, 5) is 0. The quantitative estimate of drug-likeness (QED) is 0.795. The van der Waals surface area contributed by atoms with Crippen molar-refractivity contribution < 1.29 is 13.5 Å². The Balaban J connectivity index is 1.97. The monoisotopic (exact) mass is 199 g/mol. The lowest BCUT2D eigenvalue weighted by Gasteiger charge is -2.27. The maximum atomic E-state index is 13.1. The number of benzene rings is 1. The molecule has 1 aromatic rings. The topological polar surface area (TPSA) is 21.3 Å². The Bertz CT molecular complexity index is 326. The molecule has 0 radical (unpaired) electrons. The molecule has 0 atom stereocenters. The minimum absolute atomic E-state index is 0.135. The maximum Gasteiger partial charge on any atom is 0.164 e. The molecule has 1 fully saturated rings. The lowest BCUT2D eigenvalue weighted by atomic mass is 10.2. The van der Waals surface area contributed by atoms with Crippen LogP contribution in [0.25, 0.3) is 0 Å². The van der Waals surface area contributed by atoms with Crippen molar-refractivity contribution in [1.82, 2.24) is 5.32 Å². The van der Waals surface area contributed by atoms with E-state index in [1.165, 1.54) is 12.1 Å². The second-order valence-electron chi connectivity index (χ2n) is 3.30. The molecule has 0 spiro atoms. The fourth-order valence-electron chi connectivity index (χ4n) is 1.25. The minimum Gasteiger partial charge on any atom is -0.371 e. The predicted octanol–water partition coefficient (Wildman–Crippen LogP) is 1.45. The van der Waals surface area contributed by atoms with Crippen molar-refractivity contribution in [3.05, 3.63) is 35.4 Å². The summed E-state index contributed by atoms with van der Waals surface area (Å²) in [6.45, 7) is 1.71. The van der Waals surface area contributed by atoms with Gasteiger partial charge in [-0.15, -0.1) is 0 Å². The van der Waals surface area contributed by atoms with Crippen LogP contribution in [-0.4, -0.2) is 19.2 Å². The van der Waals surface area contributed by atoms with Gasteiger partial charge in [0.1, 0.15) is 0 Å². The third-order valence-corrected chi connectivity index (χ3v) is 2.25. The summed E-state index contributed by atoms with van der Waals surface area (Å²) >= 11 is 0. The molecule has 0 saturated carbocycles. The Morgan fingerprint density at radius 3 is 2.79 bits per heavy atom. The zero-order valence-corrected chi connectivity index (χ0v) is 7.59. The lowest BCUT2D eigenvalue weighted by Crippen LogP contribution is -2.48. The van der Waals surface area contributed by atoms with Gasteiger partial charge in [-0.3, -0.25) is 0 Å². The molecule has 0 aliphatic carbocycles. The van der Waals surface area contributed by atoms with Crippen molar-refractivity contribution >= 4 is 0 Å². The van der Waals surface area contributed by atoms with Gasteiger partial charge in [-0.2, -0.15) is 0 Å². The van der Waals surface area contributed by atoms with Crippen LogP contribution in [0.1, 0.15) is 5.56 Å². The van der Waals surface area contributed by atoms with Gasteiger partial charge in [-0.1, -0.05) is 12.1 Å². The predicted molar refractivity (Wildman–Crippen MR) is 47.8 cm³/mol. The van der Waals surface area contributed by atoms with Gasteiger partial charge in [0, 0.05) is 18.7 Å². The first-order valence-corrected chi connectivity index (χ1v) is 4.52. The van der Waals surface area contributed by atoms with Crippen molar-refractivity contribution in [1.29, 1.82) is 0 Å². The van der Waals surface area contributed by atoms with Crippen molar-refractivity contribution in [2.24, 2.45) is 0 Å². The zero-order valence-electron chi connectivity index (χ0n) is 7.59. The van der Waals surface area contributed by atoms with E-state index in [-0.39, 0.29) is 18.3 Å². The first kappa shape index (κ1) is 9.55. The van der Waals surface area contributed by atoms with Gasteiger partial charge in [0.25, 0.3) is 0 Å². The van der Waals surface area contributed by atoms with Crippen molar-refractivity contribution in [2.45, 2.75) is 12.7 Å². The summed E-state index contributed by atoms with van der Waals surface area (Å²) in [6.07, 6.45) is 0.137. The fourth-order valence-corrected chi connectivity index (χ4v) is 1.25. The molecule has 14 heavy (non-hydrogen) atoms. The molecule has 0 bridgehead atoms. The first-order valence-electron chi connectivity index (χ1n) is 4.52. The van der Waals surface area contributed by atoms with Crippen LogP contribution in [0.2, 0.25) is 0 Å². The third-order valence-electron chi connectivity index (χ3n) is 2.25. The van der Waals surface area contributed by atoms with E-state index in [2.05, 4.69) is 5.32 Å². The summed E-state index contributed by atoms with van der Waals surface area (Å²) < 4.78 is 31.2. The second kappa shape index (κ2) is 4.02. The number of hydrogen-bond acceptors (Lipinski definition) is 2. The van der Waals surface area contributed by atoms with Crippen molar-refractivity contribution in [3.8, 4) is 0 Å². The average molecular weight is 199 g/mol. The van der Waals surface area contributed by atoms with Crippen LogP contribution < -0.4 is 5.32 Å². The van der Waals surface area contributed by atoms with E-state index in [0.717, 1.165) is 19.2 Å². The molecule has 1 aromatic carbocycles. The SMILES string of the molecule is Fc1cccc(COC2CNC2)c1F. The molecular weight excluding hydrogens is 188 g/mol. The Morgan fingerprint density at radius 1 is 1.36 bits per heavy atom. The van der Waals surface area contributed by atoms with E-state index in [1.807, 2.05) is 0 Å². The largest absolute Gasteiger partial charge is 0.371 e. The maximum absolute atomic E-state index is 13.1. The number of halogens is 2. The zero-order chi connectivity index (χ0) is 9.97. The summed E-state index contributed by atoms with van der Waals surface area (Å²) in [5, 5.41) is 3.03. The van der Waals surface area contributed by atoms with E-state index in [9.17, 15) is 8.78 Å². The first-order chi connectivity index (χ1) is 6.77. The van der Waals surface area contributed by atoms with Crippen LogP contribution in [0, 0.1) is 11.6 Å². The molecule has 0 unspecified atom stereocenters. The third kappa shape index (κ3) is 1.91. The highest BCUT2D eigenvalue weighted by Gasteiger charge is 2.18. The summed E-state index contributed by atoms with van der Waals surface area (Å²) in [6, 6.07) is 4.12. The van der Waals surface area contributed by atoms with Gasteiger partial charge in [0.15, 0.2) is 11.6 Å². The normalized spacial score (nSPS) is 16.7. The Hall–Kier alpha value is -1.00. The molecule has 2 rings (SSSR count). The fraction of sp³-hybridized carbons (Fsp3) is 0.400. The van der Waals surface area contributed by atoms with Gasteiger partial charge in [-0.05, 0) is 6.07 Å². The highest BCUT2D eigenvalue weighted by Crippen LogP contribution is 2.13. The van der Waals surface area contributed by atoms with Crippen LogP contribution in [0.15, 0.2) is 18.2 Å². The molecule has 2 nitrogen and oxygen atoms in total. The van der Waals surface area contributed by atoms with Gasteiger partial charge >= 0.3 is 0 Å². The number of rotatable bonds is 3. The number of ether oxygens (including phenoxy) is 1. The molecule has 1 N–H and O–H groups in total. The Morgan fingerprint density at radius 2 is 2.14 bits per heavy atom. The molecule has 0 amide bonds.